The largest absolute Gasteiger partial charge is 0.486 e. The Morgan fingerprint density at radius 1 is 1.24 bits per heavy atom. The smallest absolute Gasteiger partial charge is 0.238 e. The highest BCUT2D eigenvalue weighted by atomic mass is 16.6. The summed E-state index contributed by atoms with van der Waals surface area (Å²) in [7, 11) is 0. The number of benzene rings is 1. The molecule has 1 aromatic carbocycles. The molecule has 0 radical (unpaired) electrons. The molecule has 1 fully saturated rings. The Balaban J connectivity index is 1.48. The van der Waals surface area contributed by atoms with Gasteiger partial charge in [0.2, 0.25) is 5.91 Å². The van der Waals surface area contributed by atoms with Gasteiger partial charge in [-0.25, -0.2) is 0 Å². The summed E-state index contributed by atoms with van der Waals surface area (Å²) in [6.45, 7) is 2.17. The fraction of sp³-hybridized carbons (Fsp3) is 0.533. The first-order valence-electron chi connectivity index (χ1n) is 7.22. The van der Waals surface area contributed by atoms with E-state index in [2.05, 4.69) is 10.6 Å². The Bertz CT molecular complexity index is 528. The van der Waals surface area contributed by atoms with Crippen LogP contribution in [-0.2, 0) is 4.79 Å². The van der Waals surface area contributed by atoms with E-state index in [1.807, 2.05) is 0 Å². The molecule has 6 nitrogen and oxygen atoms in total. The summed E-state index contributed by atoms with van der Waals surface area (Å²) in [4.78, 5) is 11.9. The molecule has 3 N–H and O–H groups in total. The molecule has 0 unspecified atom stereocenters. The first-order chi connectivity index (χ1) is 10.2. The molecule has 1 aromatic rings. The molecule has 114 valence electrons. The summed E-state index contributed by atoms with van der Waals surface area (Å²) < 4.78 is 10.9. The van der Waals surface area contributed by atoms with Crippen LogP contribution < -0.4 is 20.1 Å². The summed E-state index contributed by atoms with van der Waals surface area (Å²) in [5.74, 6) is 1.25. The standard InChI is InChI=1S/C15H20N2O4/c18-10-15(3-4-15)9-16-8-14(19)17-11-1-2-12-13(7-11)21-6-5-20-12/h1-2,7,16,18H,3-6,8-10H2,(H,17,19). The van der Waals surface area contributed by atoms with Crippen LogP contribution >= 0.6 is 0 Å². The molecule has 1 aliphatic heterocycles. The van der Waals surface area contributed by atoms with E-state index in [4.69, 9.17) is 9.47 Å². The zero-order valence-corrected chi connectivity index (χ0v) is 11.9. The van der Waals surface area contributed by atoms with Crippen molar-refractivity contribution in [1.29, 1.82) is 0 Å². The van der Waals surface area contributed by atoms with Gasteiger partial charge in [-0.2, -0.15) is 0 Å². The zero-order chi connectivity index (χ0) is 14.7. The monoisotopic (exact) mass is 292 g/mol. The predicted octanol–water partition coefficient (Wildman–Crippen LogP) is 0.758. The second kappa shape index (κ2) is 5.91. The van der Waals surface area contributed by atoms with Gasteiger partial charge in [-0.3, -0.25) is 4.79 Å². The fourth-order valence-electron chi connectivity index (χ4n) is 2.34. The van der Waals surface area contributed by atoms with Crippen LogP contribution in [0.1, 0.15) is 12.8 Å². The number of hydrogen-bond acceptors (Lipinski definition) is 5. The van der Waals surface area contributed by atoms with Gasteiger partial charge in [0.05, 0.1) is 6.54 Å². The average Bonchev–Trinajstić information content (AvgIpc) is 3.27. The lowest BCUT2D eigenvalue weighted by Gasteiger charge is -2.19. The number of carbonyl (C=O) groups excluding carboxylic acids is 1. The molecule has 3 rings (SSSR count). The van der Waals surface area contributed by atoms with Gasteiger partial charge in [0, 0.05) is 30.3 Å². The van der Waals surface area contributed by atoms with E-state index in [0.29, 0.717) is 36.9 Å². The van der Waals surface area contributed by atoms with E-state index in [0.717, 1.165) is 12.8 Å². The van der Waals surface area contributed by atoms with Gasteiger partial charge >= 0.3 is 0 Å². The Kier molecular flexibility index (Phi) is 3.98. The lowest BCUT2D eigenvalue weighted by atomic mass is 10.1. The molecule has 0 bridgehead atoms. The van der Waals surface area contributed by atoms with Crippen molar-refractivity contribution >= 4 is 11.6 Å². The Labute approximate surface area is 123 Å². The lowest BCUT2D eigenvalue weighted by molar-refractivity contribution is -0.115. The third kappa shape index (κ3) is 3.46. The van der Waals surface area contributed by atoms with E-state index < -0.39 is 0 Å². The summed E-state index contributed by atoms with van der Waals surface area (Å²) in [6, 6.07) is 5.35. The Morgan fingerprint density at radius 2 is 2.00 bits per heavy atom. The minimum absolute atomic E-state index is 0.0112. The lowest BCUT2D eigenvalue weighted by Crippen LogP contribution is -2.33. The SMILES string of the molecule is O=C(CNCC1(CO)CC1)Nc1ccc2c(c1)OCCO2. The van der Waals surface area contributed by atoms with Crippen molar-refractivity contribution < 1.29 is 19.4 Å². The van der Waals surface area contributed by atoms with Crippen molar-refractivity contribution in [2.24, 2.45) is 5.41 Å². The van der Waals surface area contributed by atoms with Gasteiger partial charge in [-0.1, -0.05) is 0 Å². The van der Waals surface area contributed by atoms with E-state index in [-0.39, 0.29) is 24.5 Å². The first kappa shape index (κ1) is 14.2. The molecule has 1 amide bonds. The number of hydrogen-bond donors (Lipinski definition) is 3. The summed E-state index contributed by atoms with van der Waals surface area (Å²) in [5, 5.41) is 15.1. The molecule has 1 saturated carbocycles. The topological polar surface area (TPSA) is 79.8 Å². The van der Waals surface area contributed by atoms with Crippen LogP contribution in [0.15, 0.2) is 18.2 Å². The molecule has 21 heavy (non-hydrogen) atoms. The summed E-state index contributed by atoms with van der Waals surface area (Å²) >= 11 is 0. The fourth-order valence-corrected chi connectivity index (χ4v) is 2.34. The van der Waals surface area contributed by atoms with Crippen LogP contribution in [0.25, 0.3) is 0 Å². The van der Waals surface area contributed by atoms with Crippen LogP contribution in [0, 0.1) is 5.41 Å². The van der Waals surface area contributed by atoms with Crippen molar-refractivity contribution in [3.05, 3.63) is 18.2 Å². The van der Waals surface area contributed by atoms with Gasteiger partial charge in [-0.15, -0.1) is 0 Å². The molecule has 0 spiro atoms. The van der Waals surface area contributed by atoms with Crippen molar-refractivity contribution in [1.82, 2.24) is 5.32 Å². The van der Waals surface area contributed by atoms with Crippen molar-refractivity contribution in [2.45, 2.75) is 12.8 Å². The minimum Gasteiger partial charge on any atom is -0.486 e. The molecule has 1 aliphatic carbocycles. The summed E-state index contributed by atoms with van der Waals surface area (Å²) in [5.41, 5.74) is 0.700. The molecule has 0 saturated heterocycles. The number of nitrogens with one attached hydrogen (secondary N) is 2. The quantitative estimate of drug-likeness (QED) is 0.721. The maximum absolute atomic E-state index is 11.9. The van der Waals surface area contributed by atoms with Gasteiger partial charge in [-0.05, 0) is 25.0 Å². The predicted molar refractivity (Wildman–Crippen MR) is 77.7 cm³/mol. The Hall–Kier alpha value is -1.79. The van der Waals surface area contributed by atoms with E-state index >= 15 is 0 Å². The molecule has 0 aromatic heterocycles. The van der Waals surface area contributed by atoms with Gasteiger partial charge in [0.1, 0.15) is 13.2 Å². The van der Waals surface area contributed by atoms with E-state index in [1.54, 1.807) is 18.2 Å². The van der Waals surface area contributed by atoms with Gasteiger partial charge in [0.25, 0.3) is 0 Å². The third-order valence-corrected chi connectivity index (χ3v) is 3.90. The summed E-state index contributed by atoms with van der Waals surface area (Å²) in [6.07, 6.45) is 2.06. The maximum atomic E-state index is 11.9. The second-order valence-electron chi connectivity index (χ2n) is 5.67. The van der Waals surface area contributed by atoms with Crippen LogP contribution in [0.4, 0.5) is 5.69 Å². The number of aliphatic hydroxyl groups excluding tert-OH is 1. The van der Waals surface area contributed by atoms with Crippen molar-refractivity contribution in [3.63, 3.8) is 0 Å². The normalized spacial score (nSPS) is 18.1. The van der Waals surface area contributed by atoms with Crippen LogP contribution in [0.2, 0.25) is 0 Å². The molecule has 6 heteroatoms. The van der Waals surface area contributed by atoms with E-state index in [9.17, 15) is 9.90 Å². The Morgan fingerprint density at radius 3 is 2.71 bits per heavy atom. The average molecular weight is 292 g/mol. The molecule has 0 atom stereocenters. The van der Waals surface area contributed by atoms with Crippen molar-refractivity contribution in [2.75, 3.05) is 38.2 Å². The number of carbonyl (C=O) groups is 1. The number of rotatable bonds is 6. The number of aliphatic hydroxyl groups is 1. The van der Waals surface area contributed by atoms with Gasteiger partial charge < -0.3 is 25.2 Å². The minimum atomic E-state index is -0.111. The number of ether oxygens (including phenoxy) is 2. The van der Waals surface area contributed by atoms with E-state index in [1.165, 1.54) is 0 Å². The number of fused-ring (bicyclic) bond motifs is 1. The number of amides is 1. The van der Waals surface area contributed by atoms with Gasteiger partial charge in [0.15, 0.2) is 11.5 Å². The first-order valence-corrected chi connectivity index (χ1v) is 7.22. The highest BCUT2D eigenvalue weighted by molar-refractivity contribution is 5.92. The molecular formula is C15H20N2O4. The maximum Gasteiger partial charge on any atom is 0.238 e. The highest BCUT2D eigenvalue weighted by Gasteiger charge is 2.41. The highest BCUT2D eigenvalue weighted by Crippen LogP contribution is 2.44. The third-order valence-electron chi connectivity index (χ3n) is 3.90. The zero-order valence-electron chi connectivity index (χ0n) is 11.9. The van der Waals surface area contributed by atoms with Crippen LogP contribution in [0.5, 0.6) is 11.5 Å². The molecule has 1 heterocycles. The molecule has 2 aliphatic rings. The van der Waals surface area contributed by atoms with Crippen molar-refractivity contribution in [3.8, 4) is 11.5 Å². The van der Waals surface area contributed by atoms with Crippen LogP contribution in [0.3, 0.4) is 0 Å². The molecular weight excluding hydrogens is 272 g/mol. The van der Waals surface area contributed by atoms with Crippen LogP contribution in [-0.4, -0.2) is 43.9 Å². The number of anilines is 1. The second-order valence-corrected chi connectivity index (χ2v) is 5.67.